The third-order valence-electron chi connectivity index (χ3n) is 6.90. The maximum atomic E-state index is 13.5. The minimum atomic E-state index is -3.50. The highest BCUT2D eigenvalue weighted by atomic mass is 32.2. The number of fused-ring (bicyclic) bond motifs is 1. The molecule has 208 valence electrons. The minimum absolute atomic E-state index is 0.127. The summed E-state index contributed by atoms with van der Waals surface area (Å²) in [5, 5.41) is 0.671. The molecule has 0 saturated carbocycles. The van der Waals surface area contributed by atoms with Crippen molar-refractivity contribution in [2.24, 2.45) is 0 Å². The maximum absolute atomic E-state index is 13.5. The summed E-state index contributed by atoms with van der Waals surface area (Å²) in [5.41, 5.74) is 2.33. The SMILES string of the molecule is CCCCc1cc2c(C(=O)c3ccc(OCCCN(CCCC)CCCC)cc3)cccc2n1S(C)(=O)=O. The van der Waals surface area contributed by atoms with Gasteiger partial charge in [-0.15, -0.1) is 0 Å². The number of unbranched alkanes of at least 4 members (excludes halogenated alkanes) is 3. The van der Waals surface area contributed by atoms with Gasteiger partial charge in [0.05, 0.1) is 18.4 Å². The highest BCUT2D eigenvalue weighted by molar-refractivity contribution is 7.89. The van der Waals surface area contributed by atoms with Gasteiger partial charge in [0.15, 0.2) is 5.78 Å². The number of nitrogens with zero attached hydrogens (tertiary/aromatic N) is 2. The molecule has 3 rings (SSSR count). The number of hydrogen-bond donors (Lipinski definition) is 0. The van der Waals surface area contributed by atoms with Crippen LogP contribution < -0.4 is 4.74 Å². The molecule has 3 aromatic rings. The van der Waals surface area contributed by atoms with Crippen LogP contribution in [0.3, 0.4) is 0 Å². The zero-order valence-corrected chi connectivity index (χ0v) is 24.4. The zero-order chi connectivity index (χ0) is 27.5. The Morgan fingerprint density at radius 3 is 2.11 bits per heavy atom. The second-order valence-electron chi connectivity index (χ2n) is 10.1. The fourth-order valence-electron chi connectivity index (χ4n) is 4.82. The van der Waals surface area contributed by atoms with Crippen LogP contribution in [-0.4, -0.2) is 55.6 Å². The molecule has 1 heterocycles. The Hall–Kier alpha value is -2.64. The largest absolute Gasteiger partial charge is 0.494 e. The van der Waals surface area contributed by atoms with E-state index in [1.807, 2.05) is 18.2 Å². The van der Waals surface area contributed by atoms with Crippen molar-refractivity contribution in [3.63, 3.8) is 0 Å². The molecule has 1 aromatic heterocycles. The zero-order valence-electron chi connectivity index (χ0n) is 23.5. The molecule has 0 aliphatic rings. The van der Waals surface area contributed by atoms with E-state index in [1.165, 1.54) is 35.9 Å². The van der Waals surface area contributed by atoms with E-state index in [1.54, 1.807) is 30.3 Å². The second-order valence-corrected chi connectivity index (χ2v) is 11.9. The fraction of sp³-hybridized carbons (Fsp3) is 0.516. The molecule has 7 heteroatoms. The summed E-state index contributed by atoms with van der Waals surface area (Å²) in [6.45, 7) is 10.5. The molecule has 0 aliphatic heterocycles. The Balaban J connectivity index is 1.69. The molecule has 0 saturated heterocycles. The number of ether oxygens (including phenoxy) is 1. The number of aryl methyl sites for hydroxylation is 1. The minimum Gasteiger partial charge on any atom is -0.494 e. The third-order valence-corrected chi connectivity index (χ3v) is 7.99. The molecule has 0 unspecified atom stereocenters. The van der Waals surface area contributed by atoms with E-state index in [-0.39, 0.29) is 5.78 Å². The molecule has 38 heavy (non-hydrogen) atoms. The van der Waals surface area contributed by atoms with Crippen molar-refractivity contribution in [1.29, 1.82) is 0 Å². The van der Waals surface area contributed by atoms with Gasteiger partial charge >= 0.3 is 0 Å². The monoisotopic (exact) mass is 540 g/mol. The molecular weight excluding hydrogens is 496 g/mol. The van der Waals surface area contributed by atoms with Crippen LogP contribution >= 0.6 is 0 Å². The van der Waals surface area contributed by atoms with Gasteiger partial charge in [0.1, 0.15) is 5.75 Å². The van der Waals surface area contributed by atoms with Gasteiger partial charge in [-0.25, -0.2) is 12.4 Å². The van der Waals surface area contributed by atoms with Crippen LogP contribution in [0.5, 0.6) is 5.75 Å². The maximum Gasteiger partial charge on any atom is 0.236 e. The summed E-state index contributed by atoms with van der Waals surface area (Å²) < 4.78 is 32.5. The first kappa shape index (κ1) is 29.9. The molecule has 0 atom stereocenters. The Labute approximate surface area is 229 Å². The number of hydrogen-bond acceptors (Lipinski definition) is 5. The highest BCUT2D eigenvalue weighted by Crippen LogP contribution is 2.28. The van der Waals surface area contributed by atoms with Crippen LogP contribution in [0.2, 0.25) is 0 Å². The van der Waals surface area contributed by atoms with Crippen molar-refractivity contribution in [2.75, 3.05) is 32.5 Å². The Kier molecular flexibility index (Phi) is 11.4. The van der Waals surface area contributed by atoms with Gasteiger partial charge in [0.25, 0.3) is 0 Å². The average Bonchev–Trinajstić information content (AvgIpc) is 3.30. The topological polar surface area (TPSA) is 68.6 Å². The lowest BCUT2D eigenvalue weighted by molar-refractivity contribution is 0.104. The lowest BCUT2D eigenvalue weighted by atomic mass is 10.00. The standard InChI is InChI=1S/C31H44N2O4S/c1-5-8-13-26-24-29-28(14-11-15-30(29)33(26)38(4,35)36)31(34)25-16-18-27(19-17-25)37-23-12-22-32(20-9-6-2)21-10-7-3/h11,14-19,24H,5-10,12-13,20-23H2,1-4H3. The van der Waals surface area contributed by atoms with Gasteiger partial charge in [-0.05, 0) is 81.6 Å². The number of carbonyl (C=O) groups is 1. The predicted octanol–water partition coefficient (Wildman–Crippen LogP) is 6.69. The van der Waals surface area contributed by atoms with Crippen molar-refractivity contribution < 1.29 is 17.9 Å². The van der Waals surface area contributed by atoms with E-state index in [0.29, 0.717) is 35.1 Å². The summed E-state index contributed by atoms with van der Waals surface area (Å²) in [5.74, 6) is 0.621. The van der Waals surface area contributed by atoms with E-state index in [2.05, 4.69) is 25.7 Å². The predicted molar refractivity (Wildman–Crippen MR) is 157 cm³/mol. The van der Waals surface area contributed by atoms with Crippen molar-refractivity contribution in [3.05, 3.63) is 65.4 Å². The van der Waals surface area contributed by atoms with Gasteiger partial charge in [0, 0.05) is 28.8 Å². The molecule has 0 bridgehead atoms. The lowest BCUT2D eigenvalue weighted by Crippen LogP contribution is -2.28. The van der Waals surface area contributed by atoms with Gasteiger partial charge in [-0.1, -0.05) is 52.2 Å². The Morgan fingerprint density at radius 2 is 1.50 bits per heavy atom. The molecule has 0 fully saturated rings. The molecule has 2 aromatic carbocycles. The number of aromatic nitrogens is 1. The first-order chi connectivity index (χ1) is 18.3. The normalized spacial score (nSPS) is 11.9. The molecule has 0 aliphatic carbocycles. The summed E-state index contributed by atoms with van der Waals surface area (Å²) >= 11 is 0. The smallest absolute Gasteiger partial charge is 0.236 e. The molecule has 0 radical (unpaired) electrons. The molecule has 0 N–H and O–H groups in total. The van der Waals surface area contributed by atoms with Gasteiger partial charge in [-0.3, -0.25) is 4.79 Å². The first-order valence-electron chi connectivity index (χ1n) is 14.1. The van der Waals surface area contributed by atoms with Crippen molar-refractivity contribution >= 4 is 26.7 Å². The second kappa shape index (κ2) is 14.5. The molecule has 0 spiro atoms. The van der Waals surface area contributed by atoms with Crippen LogP contribution in [0.1, 0.15) is 87.3 Å². The number of benzene rings is 2. The quantitative estimate of drug-likeness (QED) is 0.141. The number of carbonyl (C=O) groups excluding carboxylic acids is 1. The van der Waals surface area contributed by atoms with Crippen LogP contribution in [0, 0.1) is 0 Å². The lowest BCUT2D eigenvalue weighted by Gasteiger charge is -2.21. The van der Waals surface area contributed by atoms with Crippen LogP contribution in [0.15, 0.2) is 48.5 Å². The molecule has 6 nitrogen and oxygen atoms in total. The Morgan fingerprint density at radius 1 is 0.868 bits per heavy atom. The average molecular weight is 541 g/mol. The number of rotatable bonds is 17. The van der Waals surface area contributed by atoms with Gasteiger partial charge in [0.2, 0.25) is 10.0 Å². The van der Waals surface area contributed by atoms with E-state index in [0.717, 1.165) is 50.3 Å². The van der Waals surface area contributed by atoms with Crippen LogP contribution in [0.4, 0.5) is 0 Å². The molecular formula is C31H44N2O4S. The van der Waals surface area contributed by atoms with Crippen molar-refractivity contribution in [2.45, 2.75) is 72.1 Å². The van der Waals surface area contributed by atoms with Crippen LogP contribution in [0.25, 0.3) is 10.9 Å². The van der Waals surface area contributed by atoms with E-state index in [9.17, 15) is 13.2 Å². The van der Waals surface area contributed by atoms with Crippen LogP contribution in [-0.2, 0) is 16.4 Å². The van der Waals surface area contributed by atoms with Gasteiger partial charge in [-0.2, -0.15) is 0 Å². The van der Waals surface area contributed by atoms with Crippen molar-refractivity contribution in [1.82, 2.24) is 8.87 Å². The van der Waals surface area contributed by atoms with E-state index < -0.39 is 10.0 Å². The molecule has 0 amide bonds. The van der Waals surface area contributed by atoms with Crippen molar-refractivity contribution in [3.8, 4) is 5.75 Å². The summed E-state index contributed by atoms with van der Waals surface area (Å²) in [6, 6.07) is 14.4. The van der Waals surface area contributed by atoms with E-state index >= 15 is 0 Å². The summed E-state index contributed by atoms with van der Waals surface area (Å²) in [6.07, 6.45) is 9.54. The first-order valence-corrected chi connectivity index (χ1v) is 16.0. The Bertz CT molecular complexity index is 1270. The fourth-order valence-corrected chi connectivity index (χ4v) is 5.90. The van der Waals surface area contributed by atoms with Gasteiger partial charge < -0.3 is 9.64 Å². The summed E-state index contributed by atoms with van der Waals surface area (Å²) in [4.78, 5) is 16.0. The number of ketones is 1. The van der Waals surface area contributed by atoms with E-state index in [4.69, 9.17) is 4.74 Å². The third kappa shape index (κ3) is 7.93. The highest BCUT2D eigenvalue weighted by Gasteiger charge is 2.21. The summed E-state index contributed by atoms with van der Waals surface area (Å²) in [7, 11) is -3.50.